The van der Waals surface area contributed by atoms with E-state index < -0.39 is 0 Å². The summed E-state index contributed by atoms with van der Waals surface area (Å²) >= 11 is 0. The van der Waals surface area contributed by atoms with Crippen molar-refractivity contribution in [1.29, 1.82) is 0 Å². The van der Waals surface area contributed by atoms with Crippen LogP contribution >= 0.6 is 0 Å². The van der Waals surface area contributed by atoms with Gasteiger partial charge in [0, 0.05) is 44.5 Å². The molecule has 0 spiro atoms. The van der Waals surface area contributed by atoms with Gasteiger partial charge in [-0.15, -0.1) is 0 Å². The molecule has 1 N–H and O–H groups in total. The standard InChI is InChI=1S/C26H33N7O2/c1-6-16(2)33-24-22(15-27-33)29-26(32-11-9-31(10-12-32)19(5)34)30-25(24)28-18(4)20-7-8-23-21(14-20)13-17(3)35-23/h7-8,13-16,18H,6,9-12H2,1-5H3,(H,28,29,30). The Morgan fingerprint density at radius 1 is 1.14 bits per heavy atom. The van der Waals surface area contributed by atoms with E-state index in [1.165, 1.54) is 0 Å². The summed E-state index contributed by atoms with van der Waals surface area (Å²) < 4.78 is 7.76. The Morgan fingerprint density at radius 3 is 2.63 bits per heavy atom. The summed E-state index contributed by atoms with van der Waals surface area (Å²) in [6.45, 7) is 12.8. The van der Waals surface area contributed by atoms with Crippen LogP contribution < -0.4 is 10.2 Å². The third-order valence-corrected chi connectivity index (χ3v) is 6.97. The second-order valence-electron chi connectivity index (χ2n) is 9.47. The van der Waals surface area contributed by atoms with Crippen molar-refractivity contribution in [2.24, 2.45) is 0 Å². The van der Waals surface area contributed by atoms with Gasteiger partial charge in [-0.05, 0) is 51.0 Å². The van der Waals surface area contributed by atoms with Crippen LogP contribution in [0.3, 0.4) is 0 Å². The second kappa shape index (κ2) is 9.20. The summed E-state index contributed by atoms with van der Waals surface area (Å²) in [5, 5.41) is 9.41. The molecule has 184 valence electrons. The van der Waals surface area contributed by atoms with Gasteiger partial charge in [0.2, 0.25) is 11.9 Å². The highest BCUT2D eigenvalue weighted by molar-refractivity contribution is 5.87. The zero-order valence-electron chi connectivity index (χ0n) is 21.1. The van der Waals surface area contributed by atoms with Crippen LogP contribution in [0.5, 0.6) is 0 Å². The molecule has 9 heteroatoms. The molecule has 2 atom stereocenters. The monoisotopic (exact) mass is 475 g/mol. The maximum absolute atomic E-state index is 11.8. The van der Waals surface area contributed by atoms with Crippen molar-refractivity contribution in [3.05, 3.63) is 41.8 Å². The zero-order valence-corrected chi connectivity index (χ0v) is 21.1. The highest BCUT2D eigenvalue weighted by atomic mass is 16.3. The van der Waals surface area contributed by atoms with Gasteiger partial charge >= 0.3 is 0 Å². The van der Waals surface area contributed by atoms with Crippen LogP contribution in [0.1, 0.15) is 57.5 Å². The molecule has 1 amide bonds. The van der Waals surface area contributed by atoms with E-state index in [-0.39, 0.29) is 18.0 Å². The number of aromatic nitrogens is 4. The van der Waals surface area contributed by atoms with Crippen LogP contribution in [0.2, 0.25) is 0 Å². The lowest BCUT2D eigenvalue weighted by Gasteiger charge is -2.34. The summed E-state index contributed by atoms with van der Waals surface area (Å²) in [6, 6.07) is 8.57. The molecule has 5 rings (SSSR count). The number of carbonyl (C=O) groups is 1. The fraction of sp³-hybridized carbons (Fsp3) is 0.462. The van der Waals surface area contributed by atoms with E-state index in [9.17, 15) is 4.79 Å². The van der Waals surface area contributed by atoms with E-state index in [1.54, 1.807) is 6.92 Å². The molecule has 1 aliphatic heterocycles. The van der Waals surface area contributed by atoms with Crippen molar-refractivity contribution in [1.82, 2.24) is 24.6 Å². The average molecular weight is 476 g/mol. The van der Waals surface area contributed by atoms with E-state index >= 15 is 0 Å². The van der Waals surface area contributed by atoms with Gasteiger partial charge in [-0.1, -0.05) is 13.0 Å². The van der Waals surface area contributed by atoms with Gasteiger partial charge in [0.15, 0.2) is 5.82 Å². The Labute approximate surface area is 205 Å². The quantitative estimate of drug-likeness (QED) is 0.432. The number of hydrogen-bond donors (Lipinski definition) is 1. The van der Waals surface area contributed by atoms with Crippen molar-refractivity contribution in [2.75, 3.05) is 36.4 Å². The predicted octanol–water partition coefficient (Wildman–Crippen LogP) is 4.69. The van der Waals surface area contributed by atoms with Crippen LogP contribution in [0.4, 0.5) is 11.8 Å². The van der Waals surface area contributed by atoms with Crippen LogP contribution in [0.15, 0.2) is 34.9 Å². The number of fused-ring (bicyclic) bond motifs is 2. The van der Waals surface area contributed by atoms with Crippen molar-refractivity contribution in [2.45, 2.75) is 53.1 Å². The molecule has 0 saturated carbocycles. The van der Waals surface area contributed by atoms with Crippen molar-refractivity contribution >= 4 is 39.7 Å². The number of rotatable bonds is 6. The summed E-state index contributed by atoms with van der Waals surface area (Å²) in [4.78, 5) is 25.6. The van der Waals surface area contributed by atoms with Gasteiger partial charge in [-0.3, -0.25) is 9.48 Å². The Hall–Kier alpha value is -3.62. The number of amides is 1. The molecular weight excluding hydrogens is 442 g/mol. The first kappa shape index (κ1) is 23.1. The normalized spacial score (nSPS) is 16.1. The molecule has 0 radical (unpaired) electrons. The third-order valence-electron chi connectivity index (χ3n) is 6.97. The molecule has 3 aromatic heterocycles. The summed E-state index contributed by atoms with van der Waals surface area (Å²) in [6.07, 6.45) is 2.78. The number of piperazine rings is 1. The van der Waals surface area contributed by atoms with Crippen molar-refractivity contribution in [3.8, 4) is 0 Å². The number of hydrogen-bond acceptors (Lipinski definition) is 7. The predicted molar refractivity (Wildman–Crippen MR) is 138 cm³/mol. The molecule has 4 heterocycles. The topological polar surface area (TPSA) is 92.3 Å². The highest BCUT2D eigenvalue weighted by Gasteiger charge is 2.24. The lowest BCUT2D eigenvalue weighted by molar-refractivity contribution is -0.129. The summed E-state index contributed by atoms with van der Waals surface area (Å²) in [5.41, 5.74) is 3.78. The second-order valence-corrected chi connectivity index (χ2v) is 9.47. The lowest BCUT2D eigenvalue weighted by atomic mass is 10.1. The summed E-state index contributed by atoms with van der Waals surface area (Å²) in [5.74, 6) is 2.45. The molecule has 1 aliphatic rings. The van der Waals surface area contributed by atoms with Gasteiger partial charge < -0.3 is 19.5 Å². The molecule has 0 bridgehead atoms. The van der Waals surface area contributed by atoms with E-state index in [2.05, 4.69) is 54.3 Å². The average Bonchev–Trinajstić information content (AvgIpc) is 3.45. The number of nitrogens with zero attached hydrogens (tertiary/aromatic N) is 6. The number of nitrogens with one attached hydrogen (secondary N) is 1. The lowest BCUT2D eigenvalue weighted by Crippen LogP contribution is -2.48. The fourth-order valence-corrected chi connectivity index (χ4v) is 4.67. The van der Waals surface area contributed by atoms with Crippen LogP contribution in [0, 0.1) is 6.92 Å². The van der Waals surface area contributed by atoms with Gasteiger partial charge in [0.05, 0.1) is 12.2 Å². The maximum Gasteiger partial charge on any atom is 0.228 e. The van der Waals surface area contributed by atoms with Gasteiger partial charge in [-0.2, -0.15) is 10.1 Å². The first-order valence-corrected chi connectivity index (χ1v) is 12.4. The van der Waals surface area contributed by atoms with E-state index in [0.717, 1.165) is 45.6 Å². The first-order chi connectivity index (χ1) is 16.8. The number of carbonyl (C=O) groups excluding carboxylic acids is 1. The fourth-order valence-electron chi connectivity index (χ4n) is 4.67. The minimum absolute atomic E-state index is 0.00963. The number of furan rings is 1. The van der Waals surface area contributed by atoms with Gasteiger partial charge in [-0.25, -0.2) is 4.98 Å². The molecule has 1 aromatic carbocycles. The Kier molecular flexibility index (Phi) is 6.08. The highest BCUT2D eigenvalue weighted by Crippen LogP contribution is 2.31. The van der Waals surface area contributed by atoms with Crippen LogP contribution in [-0.4, -0.2) is 56.7 Å². The largest absolute Gasteiger partial charge is 0.461 e. The molecule has 1 saturated heterocycles. The first-order valence-electron chi connectivity index (χ1n) is 12.4. The van der Waals surface area contributed by atoms with E-state index in [4.69, 9.17) is 14.4 Å². The molecule has 9 nitrogen and oxygen atoms in total. The Morgan fingerprint density at radius 2 is 1.91 bits per heavy atom. The minimum atomic E-state index is 0.00963. The van der Waals surface area contributed by atoms with Crippen LogP contribution in [0.25, 0.3) is 22.0 Å². The molecule has 0 aliphatic carbocycles. The molecule has 35 heavy (non-hydrogen) atoms. The minimum Gasteiger partial charge on any atom is -0.461 e. The number of aryl methyl sites for hydroxylation is 1. The number of anilines is 2. The van der Waals surface area contributed by atoms with E-state index in [1.807, 2.05) is 28.8 Å². The zero-order chi connectivity index (χ0) is 24.7. The third kappa shape index (κ3) is 4.42. The summed E-state index contributed by atoms with van der Waals surface area (Å²) in [7, 11) is 0. The van der Waals surface area contributed by atoms with Gasteiger partial charge in [0.1, 0.15) is 22.4 Å². The SMILES string of the molecule is CCC(C)n1ncc2nc(N3CCN(C(C)=O)CC3)nc(NC(C)c3ccc4oc(C)cc4c3)c21. The molecule has 1 fully saturated rings. The van der Waals surface area contributed by atoms with Gasteiger partial charge in [0.25, 0.3) is 0 Å². The van der Waals surface area contributed by atoms with Crippen molar-refractivity contribution in [3.63, 3.8) is 0 Å². The number of benzene rings is 1. The smallest absolute Gasteiger partial charge is 0.228 e. The van der Waals surface area contributed by atoms with Crippen LogP contribution in [-0.2, 0) is 4.79 Å². The van der Waals surface area contributed by atoms with Crippen molar-refractivity contribution < 1.29 is 9.21 Å². The van der Waals surface area contributed by atoms with E-state index in [0.29, 0.717) is 32.1 Å². The Balaban J connectivity index is 1.50. The Bertz CT molecular complexity index is 1370. The molecule has 4 aromatic rings. The molecule has 2 unspecified atom stereocenters. The maximum atomic E-state index is 11.8. The molecular formula is C26H33N7O2.